The highest BCUT2D eigenvalue weighted by Gasteiger charge is 2.25. The molecule has 1 aliphatic rings. The Kier molecular flexibility index (Phi) is 5.61. The zero-order chi connectivity index (χ0) is 21.1. The molecule has 0 bridgehead atoms. The van der Waals surface area contributed by atoms with Crippen LogP contribution in [0.3, 0.4) is 0 Å². The maximum atomic E-state index is 13.7. The number of benzene rings is 2. The molecule has 4 rings (SSSR count). The van der Waals surface area contributed by atoms with Gasteiger partial charge in [0.25, 0.3) is 5.91 Å². The number of rotatable bonds is 6. The van der Waals surface area contributed by atoms with Crippen LogP contribution in [0.15, 0.2) is 54.7 Å². The van der Waals surface area contributed by atoms with Crippen LogP contribution in [0.4, 0.5) is 14.5 Å². The fraction of sp³-hybridized carbons (Fsp3) is 0.217. The van der Waals surface area contributed by atoms with Crippen molar-refractivity contribution >= 4 is 11.6 Å². The molecule has 2 heterocycles. The Hall–Kier alpha value is -3.48. The molecule has 0 aliphatic carbocycles. The molecule has 1 N–H and O–H groups in total. The van der Waals surface area contributed by atoms with Gasteiger partial charge >= 0.3 is 0 Å². The second-order valence-corrected chi connectivity index (χ2v) is 6.96. The minimum atomic E-state index is -0.657. The lowest BCUT2D eigenvalue weighted by Crippen LogP contribution is -2.18. The van der Waals surface area contributed by atoms with Gasteiger partial charge in [0.05, 0.1) is 5.69 Å². The first-order valence-corrected chi connectivity index (χ1v) is 9.63. The van der Waals surface area contributed by atoms with E-state index in [1.807, 2.05) is 18.2 Å². The predicted molar refractivity (Wildman–Crippen MR) is 111 cm³/mol. The summed E-state index contributed by atoms with van der Waals surface area (Å²) < 4.78 is 31.8. The number of nitrogens with zero attached hydrogens (tertiary/aromatic N) is 2. The molecule has 0 saturated heterocycles. The zero-order valence-electron chi connectivity index (χ0n) is 16.5. The average Bonchev–Trinajstić information content (AvgIpc) is 3.22. The van der Waals surface area contributed by atoms with Crippen LogP contribution in [0.25, 0.3) is 11.3 Å². The van der Waals surface area contributed by atoms with Crippen molar-refractivity contribution in [3.8, 4) is 17.0 Å². The smallest absolute Gasteiger partial charge is 0.251 e. The first-order valence-electron chi connectivity index (χ1n) is 9.63. The molecule has 0 radical (unpaired) electrons. The van der Waals surface area contributed by atoms with Crippen molar-refractivity contribution in [3.63, 3.8) is 0 Å². The number of hydrogen-bond acceptors (Lipinski definition) is 4. The van der Waals surface area contributed by atoms with Crippen molar-refractivity contribution in [2.24, 2.45) is 0 Å². The molecule has 0 unspecified atom stereocenters. The van der Waals surface area contributed by atoms with Crippen LogP contribution in [0.1, 0.15) is 21.5 Å². The molecule has 30 heavy (non-hydrogen) atoms. The monoisotopic (exact) mass is 409 g/mol. The van der Waals surface area contributed by atoms with Crippen molar-refractivity contribution in [2.75, 3.05) is 25.2 Å². The highest BCUT2D eigenvalue weighted by Crippen LogP contribution is 2.37. The van der Waals surface area contributed by atoms with Gasteiger partial charge in [0.1, 0.15) is 24.8 Å². The van der Waals surface area contributed by atoms with Crippen molar-refractivity contribution in [3.05, 3.63) is 77.2 Å². The van der Waals surface area contributed by atoms with Crippen LogP contribution in [-0.2, 0) is 13.1 Å². The van der Waals surface area contributed by atoms with Gasteiger partial charge in [0.2, 0.25) is 0 Å². The van der Waals surface area contributed by atoms with Crippen molar-refractivity contribution in [1.82, 2.24) is 10.3 Å². The minimum Gasteiger partial charge on any atom is -0.490 e. The fourth-order valence-electron chi connectivity index (χ4n) is 3.65. The molecule has 1 amide bonds. The number of pyridine rings is 1. The van der Waals surface area contributed by atoms with E-state index in [-0.39, 0.29) is 18.3 Å². The molecule has 7 heteroatoms. The molecule has 0 saturated carbocycles. The lowest BCUT2D eigenvalue weighted by molar-refractivity contribution is 0.0963. The standard InChI is InChI=1S/C23H21F2N3O2/c1-26-23(29)15-2-5-18(6-3-15)28-13-16-8-10-27-22(20(16)14-28)19-7-4-17(25)12-21(19)30-11-9-24/h2-8,10,12H,9,11,13-14H2,1H3,(H,26,29). The minimum absolute atomic E-state index is 0.130. The third-order valence-electron chi connectivity index (χ3n) is 5.12. The number of carbonyl (C=O) groups is 1. The van der Waals surface area contributed by atoms with Gasteiger partial charge in [-0.3, -0.25) is 9.78 Å². The Morgan fingerprint density at radius 2 is 1.97 bits per heavy atom. The van der Waals surface area contributed by atoms with Crippen molar-refractivity contribution in [2.45, 2.75) is 13.1 Å². The van der Waals surface area contributed by atoms with Crippen LogP contribution < -0.4 is 15.0 Å². The van der Waals surface area contributed by atoms with E-state index < -0.39 is 12.5 Å². The quantitative estimate of drug-likeness (QED) is 0.666. The van der Waals surface area contributed by atoms with Crippen LogP contribution in [0.2, 0.25) is 0 Å². The molecule has 2 aromatic carbocycles. The van der Waals surface area contributed by atoms with Gasteiger partial charge in [0, 0.05) is 54.8 Å². The summed E-state index contributed by atoms with van der Waals surface area (Å²) in [5.74, 6) is -0.296. The summed E-state index contributed by atoms with van der Waals surface area (Å²) in [5, 5.41) is 2.61. The van der Waals surface area contributed by atoms with Gasteiger partial charge in [-0.05, 0) is 48.0 Å². The summed E-state index contributed by atoms with van der Waals surface area (Å²) in [6.45, 7) is 0.495. The summed E-state index contributed by atoms with van der Waals surface area (Å²) >= 11 is 0. The number of alkyl halides is 1. The molecule has 0 fully saturated rings. The lowest BCUT2D eigenvalue weighted by atomic mass is 10.0. The number of hydrogen-bond donors (Lipinski definition) is 1. The number of halogens is 2. The lowest BCUT2D eigenvalue weighted by Gasteiger charge is -2.18. The largest absolute Gasteiger partial charge is 0.490 e. The third-order valence-corrected chi connectivity index (χ3v) is 5.12. The Balaban J connectivity index is 1.65. The number of ether oxygens (including phenoxy) is 1. The first-order chi connectivity index (χ1) is 14.6. The van der Waals surface area contributed by atoms with Crippen molar-refractivity contribution < 1.29 is 18.3 Å². The van der Waals surface area contributed by atoms with Crippen molar-refractivity contribution in [1.29, 1.82) is 0 Å². The SMILES string of the molecule is CNC(=O)c1ccc(N2Cc3ccnc(-c4ccc(F)cc4OCCF)c3C2)cc1. The van der Waals surface area contributed by atoms with E-state index in [1.165, 1.54) is 12.1 Å². The molecule has 5 nitrogen and oxygen atoms in total. The van der Waals surface area contributed by atoms with Gasteiger partial charge in [-0.1, -0.05) is 0 Å². The van der Waals surface area contributed by atoms with Crippen LogP contribution in [0.5, 0.6) is 5.75 Å². The second-order valence-electron chi connectivity index (χ2n) is 6.96. The van der Waals surface area contributed by atoms with E-state index in [1.54, 1.807) is 31.4 Å². The molecular formula is C23H21F2N3O2. The van der Waals surface area contributed by atoms with Crippen LogP contribution >= 0.6 is 0 Å². The van der Waals surface area contributed by atoms with Crippen LogP contribution in [0, 0.1) is 5.82 Å². The molecule has 1 aliphatic heterocycles. The Labute approximate surface area is 173 Å². The second kappa shape index (κ2) is 8.49. The fourth-order valence-corrected chi connectivity index (χ4v) is 3.65. The van der Waals surface area contributed by atoms with Gasteiger partial charge < -0.3 is 15.0 Å². The highest BCUT2D eigenvalue weighted by atomic mass is 19.1. The van der Waals surface area contributed by atoms with Gasteiger partial charge in [-0.2, -0.15) is 0 Å². The Morgan fingerprint density at radius 1 is 1.17 bits per heavy atom. The van der Waals surface area contributed by atoms with Gasteiger partial charge in [-0.25, -0.2) is 8.78 Å². The summed E-state index contributed by atoms with van der Waals surface area (Å²) in [5.41, 5.74) is 5.05. The summed E-state index contributed by atoms with van der Waals surface area (Å²) in [6, 6.07) is 13.6. The number of nitrogens with one attached hydrogen (secondary N) is 1. The van der Waals surface area contributed by atoms with Crippen LogP contribution in [-0.4, -0.2) is 31.2 Å². The van der Waals surface area contributed by atoms with E-state index in [2.05, 4.69) is 15.2 Å². The molecule has 3 aromatic rings. The van der Waals surface area contributed by atoms with Gasteiger partial charge in [0.15, 0.2) is 0 Å². The van der Waals surface area contributed by atoms with Gasteiger partial charge in [-0.15, -0.1) is 0 Å². The van der Waals surface area contributed by atoms with E-state index in [9.17, 15) is 13.6 Å². The van der Waals surface area contributed by atoms with E-state index in [0.29, 0.717) is 29.9 Å². The Morgan fingerprint density at radius 3 is 2.70 bits per heavy atom. The molecular weight excluding hydrogens is 388 g/mol. The predicted octanol–water partition coefficient (Wildman–Crippen LogP) is 4.12. The summed E-state index contributed by atoms with van der Waals surface area (Å²) in [6.07, 6.45) is 1.72. The number of amides is 1. The number of anilines is 1. The number of aromatic nitrogens is 1. The summed E-state index contributed by atoms with van der Waals surface area (Å²) in [7, 11) is 1.60. The molecule has 1 aromatic heterocycles. The average molecular weight is 409 g/mol. The maximum absolute atomic E-state index is 13.7. The van der Waals surface area contributed by atoms with E-state index >= 15 is 0 Å². The normalized spacial score (nSPS) is 12.6. The molecule has 0 spiro atoms. The number of fused-ring (bicyclic) bond motifs is 1. The maximum Gasteiger partial charge on any atom is 0.251 e. The zero-order valence-corrected chi connectivity index (χ0v) is 16.5. The van der Waals surface area contributed by atoms with E-state index in [0.717, 1.165) is 16.8 Å². The topological polar surface area (TPSA) is 54.5 Å². The molecule has 154 valence electrons. The van der Waals surface area contributed by atoms with E-state index in [4.69, 9.17) is 4.74 Å². The number of carbonyl (C=O) groups excluding carboxylic acids is 1. The molecule has 0 atom stereocenters. The third kappa shape index (κ3) is 3.83. The Bertz CT molecular complexity index is 1070. The summed E-state index contributed by atoms with van der Waals surface area (Å²) in [4.78, 5) is 18.5. The highest BCUT2D eigenvalue weighted by molar-refractivity contribution is 5.94. The first kappa shape index (κ1) is 19.8.